The summed E-state index contributed by atoms with van der Waals surface area (Å²) >= 11 is 5.65. The van der Waals surface area contributed by atoms with Gasteiger partial charge >= 0.3 is 6.18 Å². The molecule has 0 spiro atoms. The fourth-order valence-corrected chi connectivity index (χ4v) is 2.32. The molecule has 0 unspecified atom stereocenters. The number of likely N-dealkylation sites (N-methyl/N-ethyl adjacent to an activating group) is 1. The van der Waals surface area contributed by atoms with Crippen LogP contribution in [0.5, 0.6) is 0 Å². The van der Waals surface area contributed by atoms with Gasteiger partial charge in [-0.3, -0.25) is 4.79 Å². The van der Waals surface area contributed by atoms with Crippen LogP contribution < -0.4 is 9.80 Å². The Bertz CT molecular complexity index is 537. The fraction of sp³-hybridized carbons (Fsp3) is 0.545. The third kappa shape index (κ3) is 2.65. The van der Waals surface area contributed by atoms with E-state index in [2.05, 4.69) is 9.97 Å². The van der Waals surface area contributed by atoms with Crippen LogP contribution >= 0.6 is 11.6 Å². The molecule has 0 fully saturated rings. The molecule has 5 nitrogen and oxygen atoms in total. The van der Waals surface area contributed by atoms with E-state index in [9.17, 15) is 18.0 Å². The second-order valence-corrected chi connectivity index (χ2v) is 4.75. The monoisotopic (exact) mass is 308 g/mol. The molecule has 1 aliphatic rings. The lowest BCUT2D eigenvalue weighted by Crippen LogP contribution is -2.55. The van der Waals surface area contributed by atoms with Crippen molar-refractivity contribution >= 4 is 29.0 Å². The molecule has 1 aliphatic heterocycles. The number of nitrogens with zero attached hydrogens (tertiary/aromatic N) is 4. The molecule has 0 radical (unpaired) electrons. The lowest BCUT2D eigenvalue weighted by atomic mass is 10.1. The normalized spacial score (nSPS) is 19.3. The highest BCUT2D eigenvalue weighted by atomic mass is 35.5. The van der Waals surface area contributed by atoms with E-state index in [1.165, 1.54) is 18.1 Å². The number of hydrogen-bond donors (Lipinski definition) is 0. The first-order valence-electron chi connectivity index (χ1n) is 5.88. The Hall–Kier alpha value is -1.57. The summed E-state index contributed by atoms with van der Waals surface area (Å²) in [5.41, 5.74) is 0.216. The van der Waals surface area contributed by atoms with Crippen LogP contribution in [0.2, 0.25) is 5.28 Å². The zero-order chi connectivity index (χ0) is 15.1. The van der Waals surface area contributed by atoms with Crippen molar-refractivity contribution in [2.75, 3.05) is 23.4 Å². The minimum Gasteiger partial charge on any atom is -0.334 e. The number of hydrogen-bond acceptors (Lipinski definition) is 4. The quantitative estimate of drug-likeness (QED) is 0.786. The van der Waals surface area contributed by atoms with Crippen LogP contribution in [-0.4, -0.2) is 41.7 Å². The number of carbonyl (C=O) groups is 1. The summed E-state index contributed by atoms with van der Waals surface area (Å²) < 4.78 is 38.2. The predicted molar refractivity (Wildman–Crippen MR) is 67.9 cm³/mol. The SMILES string of the molecule is CC[C@H]1C(=O)N(C)c2cnc(Cl)nc2N1CC(F)(F)F. The van der Waals surface area contributed by atoms with Gasteiger partial charge in [-0.15, -0.1) is 0 Å². The van der Waals surface area contributed by atoms with E-state index in [1.807, 2.05) is 0 Å². The van der Waals surface area contributed by atoms with Crippen LogP contribution in [0.4, 0.5) is 24.7 Å². The second-order valence-electron chi connectivity index (χ2n) is 4.41. The molecule has 0 bridgehead atoms. The minimum absolute atomic E-state index is 0.0243. The predicted octanol–water partition coefficient (Wildman–Crippen LogP) is 2.25. The lowest BCUT2D eigenvalue weighted by molar-refractivity contribution is -0.126. The molecule has 1 aromatic rings. The topological polar surface area (TPSA) is 49.3 Å². The third-order valence-electron chi connectivity index (χ3n) is 3.08. The molecule has 0 aromatic carbocycles. The van der Waals surface area contributed by atoms with Crippen molar-refractivity contribution in [2.45, 2.75) is 25.6 Å². The first-order valence-corrected chi connectivity index (χ1v) is 6.26. The van der Waals surface area contributed by atoms with E-state index in [1.54, 1.807) is 6.92 Å². The molecular formula is C11H12ClF3N4O. The van der Waals surface area contributed by atoms with E-state index >= 15 is 0 Å². The molecule has 2 rings (SSSR count). The summed E-state index contributed by atoms with van der Waals surface area (Å²) in [5.74, 6) is -0.397. The minimum atomic E-state index is -4.45. The standard InChI is InChI=1S/C11H12ClF3N4O/c1-3-6-9(20)18(2)7-4-16-10(12)17-8(7)19(6)5-11(13,14)15/h4,6H,3,5H2,1-2H3/t6-/m0/s1. The number of rotatable bonds is 2. The average Bonchev–Trinajstić information content (AvgIpc) is 2.34. The van der Waals surface area contributed by atoms with Gasteiger partial charge in [0.1, 0.15) is 18.3 Å². The first kappa shape index (κ1) is 14.8. The number of carbonyl (C=O) groups excluding carboxylic acids is 1. The number of fused-ring (bicyclic) bond motifs is 1. The number of alkyl halides is 3. The zero-order valence-electron chi connectivity index (χ0n) is 10.8. The molecule has 20 heavy (non-hydrogen) atoms. The molecule has 2 heterocycles. The highest BCUT2D eigenvalue weighted by molar-refractivity contribution is 6.28. The maximum Gasteiger partial charge on any atom is 0.406 e. The summed E-state index contributed by atoms with van der Waals surface area (Å²) in [7, 11) is 1.48. The van der Waals surface area contributed by atoms with Crippen LogP contribution in [0.1, 0.15) is 13.3 Å². The van der Waals surface area contributed by atoms with Gasteiger partial charge in [-0.05, 0) is 18.0 Å². The van der Waals surface area contributed by atoms with E-state index in [4.69, 9.17) is 11.6 Å². The fourth-order valence-electron chi connectivity index (χ4n) is 2.19. The van der Waals surface area contributed by atoms with Crippen LogP contribution in [0.3, 0.4) is 0 Å². The van der Waals surface area contributed by atoms with Crippen molar-refractivity contribution in [3.05, 3.63) is 11.5 Å². The van der Waals surface area contributed by atoms with Gasteiger partial charge in [0.2, 0.25) is 11.2 Å². The molecule has 110 valence electrons. The summed E-state index contributed by atoms with van der Waals surface area (Å²) in [6, 6.07) is -0.917. The van der Waals surface area contributed by atoms with E-state index in [-0.39, 0.29) is 23.2 Å². The number of anilines is 2. The Labute approximate surface area is 118 Å². The van der Waals surface area contributed by atoms with Crippen molar-refractivity contribution < 1.29 is 18.0 Å². The Morgan fingerprint density at radius 3 is 2.65 bits per heavy atom. The summed E-state index contributed by atoms with van der Waals surface area (Å²) in [6.07, 6.45) is -2.96. The maximum atomic E-state index is 12.7. The Kier molecular flexibility index (Phi) is 3.77. The zero-order valence-corrected chi connectivity index (χ0v) is 11.5. The molecule has 9 heteroatoms. The van der Waals surface area contributed by atoms with Crippen molar-refractivity contribution in [3.63, 3.8) is 0 Å². The van der Waals surface area contributed by atoms with Crippen LogP contribution in [-0.2, 0) is 4.79 Å². The van der Waals surface area contributed by atoms with Gasteiger partial charge in [-0.25, -0.2) is 4.98 Å². The molecular weight excluding hydrogens is 297 g/mol. The summed E-state index contributed by atoms with van der Waals surface area (Å²) in [5, 5.41) is -0.159. The summed E-state index contributed by atoms with van der Waals surface area (Å²) in [4.78, 5) is 21.9. The molecule has 1 atom stereocenters. The molecule has 1 amide bonds. The van der Waals surface area contributed by atoms with Crippen molar-refractivity contribution in [3.8, 4) is 0 Å². The van der Waals surface area contributed by atoms with Gasteiger partial charge < -0.3 is 9.80 Å². The average molecular weight is 309 g/mol. The highest BCUT2D eigenvalue weighted by Gasteiger charge is 2.42. The maximum absolute atomic E-state index is 12.7. The molecule has 0 aliphatic carbocycles. The summed E-state index contributed by atoms with van der Waals surface area (Å²) in [6.45, 7) is 0.388. The number of aromatic nitrogens is 2. The van der Waals surface area contributed by atoms with E-state index in [0.717, 1.165) is 4.90 Å². The molecule has 0 N–H and O–H groups in total. The van der Waals surface area contributed by atoms with Gasteiger partial charge in [-0.2, -0.15) is 18.2 Å². The van der Waals surface area contributed by atoms with Crippen LogP contribution in [0, 0.1) is 0 Å². The van der Waals surface area contributed by atoms with Crippen molar-refractivity contribution in [1.82, 2.24) is 9.97 Å². The Morgan fingerprint density at radius 1 is 1.45 bits per heavy atom. The Balaban J connectivity index is 2.54. The van der Waals surface area contributed by atoms with Gasteiger partial charge in [0.05, 0.1) is 6.20 Å². The van der Waals surface area contributed by atoms with Crippen LogP contribution in [0.25, 0.3) is 0 Å². The second kappa shape index (κ2) is 5.08. The van der Waals surface area contributed by atoms with Crippen molar-refractivity contribution in [1.29, 1.82) is 0 Å². The van der Waals surface area contributed by atoms with E-state index in [0.29, 0.717) is 0 Å². The van der Waals surface area contributed by atoms with Crippen molar-refractivity contribution in [2.24, 2.45) is 0 Å². The van der Waals surface area contributed by atoms with Gasteiger partial charge in [0.25, 0.3) is 0 Å². The first-order chi connectivity index (χ1) is 9.24. The molecule has 0 saturated carbocycles. The largest absolute Gasteiger partial charge is 0.406 e. The van der Waals surface area contributed by atoms with Gasteiger partial charge in [-0.1, -0.05) is 6.92 Å². The third-order valence-corrected chi connectivity index (χ3v) is 3.26. The molecule has 0 saturated heterocycles. The number of amides is 1. The smallest absolute Gasteiger partial charge is 0.334 e. The lowest BCUT2D eigenvalue weighted by Gasteiger charge is -2.40. The van der Waals surface area contributed by atoms with Crippen LogP contribution in [0.15, 0.2) is 6.20 Å². The van der Waals surface area contributed by atoms with Gasteiger partial charge in [0.15, 0.2) is 5.82 Å². The highest BCUT2D eigenvalue weighted by Crippen LogP contribution is 2.36. The molecule has 1 aromatic heterocycles. The number of halogens is 4. The van der Waals surface area contributed by atoms with Gasteiger partial charge in [0, 0.05) is 7.05 Å². The Morgan fingerprint density at radius 2 is 2.10 bits per heavy atom. The van der Waals surface area contributed by atoms with E-state index < -0.39 is 24.7 Å².